The first-order valence-corrected chi connectivity index (χ1v) is 7.17. The van der Waals surface area contributed by atoms with E-state index < -0.39 is 0 Å². The molecular formula is C17H20N2OS. The third kappa shape index (κ3) is 3.95. The van der Waals surface area contributed by atoms with Crippen LogP contribution in [0, 0.1) is 6.92 Å². The Hall–Kier alpha value is -2.07. The van der Waals surface area contributed by atoms with Crippen LogP contribution in [0.25, 0.3) is 0 Å². The Labute approximate surface area is 131 Å². The lowest BCUT2D eigenvalue weighted by molar-refractivity contribution is 0.305. The van der Waals surface area contributed by atoms with Crippen LogP contribution in [-0.4, -0.2) is 19.1 Å². The van der Waals surface area contributed by atoms with Crippen LogP contribution in [0.2, 0.25) is 0 Å². The van der Waals surface area contributed by atoms with Gasteiger partial charge in [-0.3, -0.25) is 0 Å². The van der Waals surface area contributed by atoms with Gasteiger partial charge in [-0.05, 0) is 36.2 Å². The summed E-state index contributed by atoms with van der Waals surface area (Å²) >= 11 is 4.99. The first kappa shape index (κ1) is 15.3. The number of anilines is 1. The number of benzene rings is 2. The second-order valence-electron chi connectivity index (χ2n) is 5.19. The molecule has 2 N–H and O–H groups in total. The lowest BCUT2D eigenvalue weighted by Crippen LogP contribution is -2.10. The van der Waals surface area contributed by atoms with Gasteiger partial charge >= 0.3 is 0 Å². The molecule has 21 heavy (non-hydrogen) atoms. The predicted octanol–water partition coefficient (Wildman–Crippen LogP) is 3.27. The second kappa shape index (κ2) is 6.59. The first-order chi connectivity index (χ1) is 9.97. The molecule has 0 heterocycles. The number of rotatable bonds is 5. The van der Waals surface area contributed by atoms with Crippen LogP contribution >= 0.6 is 12.2 Å². The van der Waals surface area contributed by atoms with Crippen molar-refractivity contribution in [3.63, 3.8) is 0 Å². The molecule has 0 spiro atoms. The molecule has 0 saturated carbocycles. The molecule has 0 aromatic heterocycles. The van der Waals surface area contributed by atoms with Crippen molar-refractivity contribution in [3.8, 4) is 5.75 Å². The molecule has 0 fully saturated rings. The molecule has 0 aliphatic rings. The zero-order valence-electron chi connectivity index (χ0n) is 12.6. The summed E-state index contributed by atoms with van der Waals surface area (Å²) in [6.07, 6.45) is 0. The summed E-state index contributed by atoms with van der Waals surface area (Å²) < 4.78 is 5.87. The Kier molecular flexibility index (Phi) is 4.81. The molecular weight excluding hydrogens is 280 g/mol. The molecule has 2 aromatic rings. The van der Waals surface area contributed by atoms with Gasteiger partial charge in [0.2, 0.25) is 0 Å². The number of thiocarbonyl (C=S) groups is 1. The number of nitrogens with zero attached hydrogens (tertiary/aromatic N) is 1. The zero-order chi connectivity index (χ0) is 15.4. The van der Waals surface area contributed by atoms with E-state index in [-0.39, 0.29) is 0 Å². The normalized spacial score (nSPS) is 10.2. The summed E-state index contributed by atoms with van der Waals surface area (Å²) in [5.41, 5.74) is 9.91. The molecule has 2 aromatic carbocycles. The van der Waals surface area contributed by atoms with Crippen molar-refractivity contribution in [2.45, 2.75) is 13.5 Å². The van der Waals surface area contributed by atoms with Crippen LogP contribution in [0.1, 0.15) is 16.7 Å². The van der Waals surface area contributed by atoms with Crippen molar-refractivity contribution in [2.24, 2.45) is 5.73 Å². The highest BCUT2D eigenvalue weighted by Gasteiger charge is 2.04. The van der Waals surface area contributed by atoms with Gasteiger partial charge in [0.15, 0.2) is 0 Å². The van der Waals surface area contributed by atoms with E-state index in [1.54, 1.807) is 0 Å². The number of nitrogens with two attached hydrogens (primary N) is 1. The van der Waals surface area contributed by atoms with Gasteiger partial charge in [0.1, 0.15) is 17.3 Å². The third-order valence-corrected chi connectivity index (χ3v) is 3.59. The van der Waals surface area contributed by atoms with Crippen molar-refractivity contribution in [1.82, 2.24) is 0 Å². The van der Waals surface area contributed by atoms with E-state index in [0.717, 1.165) is 28.1 Å². The van der Waals surface area contributed by atoms with Crippen molar-refractivity contribution in [3.05, 3.63) is 59.2 Å². The highest BCUT2D eigenvalue weighted by molar-refractivity contribution is 7.80. The van der Waals surface area contributed by atoms with Gasteiger partial charge in [-0.25, -0.2) is 0 Å². The highest BCUT2D eigenvalue weighted by Crippen LogP contribution is 2.21. The smallest absolute Gasteiger partial charge is 0.121 e. The average Bonchev–Trinajstić information content (AvgIpc) is 2.46. The predicted molar refractivity (Wildman–Crippen MR) is 92.2 cm³/mol. The molecule has 2 rings (SSSR count). The molecule has 0 amide bonds. The van der Waals surface area contributed by atoms with E-state index >= 15 is 0 Å². The van der Waals surface area contributed by atoms with Gasteiger partial charge in [0, 0.05) is 31.4 Å². The van der Waals surface area contributed by atoms with Gasteiger partial charge in [0.05, 0.1) is 0 Å². The lowest BCUT2D eigenvalue weighted by atomic mass is 10.1. The molecule has 0 atom stereocenters. The fourth-order valence-electron chi connectivity index (χ4n) is 2.02. The van der Waals surface area contributed by atoms with E-state index in [9.17, 15) is 0 Å². The fourth-order valence-corrected chi connectivity index (χ4v) is 2.15. The fraction of sp³-hybridized carbons (Fsp3) is 0.235. The van der Waals surface area contributed by atoms with Crippen molar-refractivity contribution >= 4 is 22.9 Å². The first-order valence-electron chi connectivity index (χ1n) is 6.77. The number of ether oxygens (including phenoxy) is 1. The van der Waals surface area contributed by atoms with Gasteiger partial charge in [-0.1, -0.05) is 30.4 Å². The number of hydrogen-bond donors (Lipinski definition) is 1. The minimum atomic E-state index is 0.421. The summed E-state index contributed by atoms with van der Waals surface area (Å²) in [4.78, 5) is 2.47. The largest absolute Gasteiger partial charge is 0.489 e. The standard InChI is InChI=1S/C17H20N2OS/c1-12-9-13(17(18)21)7-8-14(12)11-20-16-6-4-5-15(10-16)19(2)3/h4-10H,11H2,1-3H3,(H2,18,21). The van der Waals surface area contributed by atoms with Gasteiger partial charge in [-0.15, -0.1) is 0 Å². The van der Waals surface area contributed by atoms with Crippen LogP contribution < -0.4 is 15.4 Å². The quantitative estimate of drug-likeness (QED) is 0.860. The van der Waals surface area contributed by atoms with Gasteiger partial charge < -0.3 is 15.4 Å². The molecule has 0 saturated heterocycles. The van der Waals surface area contributed by atoms with E-state index in [4.69, 9.17) is 22.7 Å². The number of aryl methyl sites for hydroxylation is 1. The Bertz CT molecular complexity index is 653. The molecule has 0 aliphatic heterocycles. The Balaban J connectivity index is 2.09. The van der Waals surface area contributed by atoms with E-state index in [1.165, 1.54) is 0 Å². The van der Waals surface area contributed by atoms with Crippen LogP contribution in [0.4, 0.5) is 5.69 Å². The SMILES string of the molecule is Cc1cc(C(N)=S)ccc1COc1cccc(N(C)C)c1. The minimum absolute atomic E-state index is 0.421. The van der Waals surface area contributed by atoms with E-state index in [2.05, 4.69) is 11.0 Å². The molecule has 0 radical (unpaired) electrons. The maximum atomic E-state index is 5.87. The Morgan fingerprint density at radius 3 is 2.57 bits per heavy atom. The second-order valence-corrected chi connectivity index (χ2v) is 5.63. The average molecular weight is 300 g/mol. The van der Waals surface area contributed by atoms with Crippen LogP contribution in [0.3, 0.4) is 0 Å². The monoisotopic (exact) mass is 300 g/mol. The topological polar surface area (TPSA) is 38.5 Å². The molecule has 0 aliphatic carbocycles. The molecule has 110 valence electrons. The number of hydrogen-bond acceptors (Lipinski definition) is 3. The van der Waals surface area contributed by atoms with Crippen molar-refractivity contribution in [2.75, 3.05) is 19.0 Å². The Morgan fingerprint density at radius 1 is 1.19 bits per heavy atom. The maximum Gasteiger partial charge on any atom is 0.121 e. The van der Waals surface area contributed by atoms with Crippen LogP contribution in [0.5, 0.6) is 5.75 Å². The summed E-state index contributed by atoms with van der Waals surface area (Å²) in [5.74, 6) is 0.860. The third-order valence-electron chi connectivity index (χ3n) is 3.36. The van der Waals surface area contributed by atoms with E-state index in [0.29, 0.717) is 11.6 Å². The lowest BCUT2D eigenvalue weighted by Gasteiger charge is -2.15. The van der Waals surface area contributed by atoms with Crippen molar-refractivity contribution in [1.29, 1.82) is 0 Å². The zero-order valence-corrected chi connectivity index (χ0v) is 13.4. The molecule has 4 heteroatoms. The molecule has 0 unspecified atom stereocenters. The summed E-state index contributed by atoms with van der Waals surface area (Å²) in [5, 5.41) is 0. The maximum absolute atomic E-state index is 5.87. The van der Waals surface area contributed by atoms with E-state index in [1.807, 2.05) is 57.4 Å². The van der Waals surface area contributed by atoms with Crippen molar-refractivity contribution < 1.29 is 4.74 Å². The van der Waals surface area contributed by atoms with Crippen LogP contribution in [-0.2, 0) is 6.61 Å². The summed E-state index contributed by atoms with van der Waals surface area (Å²) in [6, 6.07) is 14.0. The highest BCUT2D eigenvalue weighted by atomic mass is 32.1. The molecule has 0 bridgehead atoms. The van der Waals surface area contributed by atoms with Gasteiger partial charge in [-0.2, -0.15) is 0 Å². The minimum Gasteiger partial charge on any atom is -0.489 e. The summed E-state index contributed by atoms with van der Waals surface area (Å²) in [6.45, 7) is 2.57. The Morgan fingerprint density at radius 2 is 1.95 bits per heavy atom. The summed E-state index contributed by atoms with van der Waals surface area (Å²) in [7, 11) is 4.02. The molecule has 3 nitrogen and oxygen atoms in total. The van der Waals surface area contributed by atoms with Crippen LogP contribution in [0.15, 0.2) is 42.5 Å². The van der Waals surface area contributed by atoms with Gasteiger partial charge in [0.25, 0.3) is 0 Å².